The van der Waals surface area contributed by atoms with Crippen molar-refractivity contribution < 1.29 is 19.1 Å². The lowest BCUT2D eigenvalue weighted by molar-refractivity contribution is 0.0270. The number of piperidine rings is 1. The molecule has 2 aromatic heterocycles. The molecule has 0 aromatic carbocycles. The normalized spacial score (nSPS) is 22.2. The van der Waals surface area contributed by atoms with E-state index < -0.39 is 17.3 Å². The minimum atomic E-state index is -0.676. The lowest BCUT2D eigenvalue weighted by atomic mass is 10.1. The third-order valence-corrected chi connectivity index (χ3v) is 6.20. The van der Waals surface area contributed by atoms with Crippen molar-refractivity contribution in [3.05, 3.63) is 23.0 Å². The summed E-state index contributed by atoms with van der Waals surface area (Å²) in [4.78, 5) is 33.8. The van der Waals surface area contributed by atoms with Crippen molar-refractivity contribution in [1.82, 2.24) is 19.5 Å². The van der Waals surface area contributed by atoms with Gasteiger partial charge in [0.25, 0.3) is 0 Å². The largest absolute Gasteiger partial charge is 0.444 e. The fourth-order valence-corrected chi connectivity index (χ4v) is 4.72. The van der Waals surface area contributed by atoms with Crippen LogP contribution in [0.3, 0.4) is 0 Å². The SMILES string of the molecule is CC(C)c1cnn2c(N(C(=O)OC(C)(C)C)C3C4CN(C(=O)OC(C)(C)C)CC43)cc(Cl)nc12. The van der Waals surface area contributed by atoms with Gasteiger partial charge in [-0.1, -0.05) is 25.4 Å². The zero-order valence-corrected chi connectivity index (χ0v) is 21.9. The number of hydrogen-bond donors (Lipinski definition) is 0. The second kappa shape index (κ2) is 8.29. The van der Waals surface area contributed by atoms with E-state index in [1.807, 2.05) is 41.5 Å². The van der Waals surface area contributed by atoms with Crippen LogP contribution in [0.5, 0.6) is 0 Å². The first-order valence-electron chi connectivity index (χ1n) is 11.7. The molecule has 10 heteroatoms. The summed E-state index contributed by atoms with van der Waals surface area (Å²) in [6.07, 6.45) is 0.962. The van der Waals surface area contributed by atoms with Crippen LogP contribution >= 0.6 is 11.6 Å². The number of carbonyl (C=O) groups excluding carboxylic acids is 2. The van der Waals surface area contributed by atoms with Crippen LogP contribution in [-0.4, -0.2) is 62.0 Å². The quantitative estimate of drug-likeness (QED) is 0.554. The Bertz CT molecular complexity index is 1100. The molecule has 0 radical (unpaired) electrons. The van der Waals surface area contributed by atoms with Crippen molar-refractivity contribution in [2.45, 2.75) is 78.6 Å². The number of likely N-dealkylation sites (tertiary alicyclic amines) is 1. The van der Waals surface area contributed by atoms with Gasteiger partial charge in [-0.25, -0.2) is 14.6 Å². The highest BCUT2D eigenvalue weighted by Gasteiger charge is 2.62. The first-order valence-corrected chi connectivity index (χ1v) is 12.1. The minimum Gasteiger partial charge on any atom is -0.444 e. The molecule has 2 atom stereocenters. The zero-order valence-electron chi connectivity index (χ0n) is 21.1. The summed E-state index contributed by atoms with van der Waals surface area (Å²) in [7, 11) is 0. The van der Waals surface area contributed by atoms with E-state index in [-0.39, 0.29) is 35.0 Å². The minimum absolute atomic E-state index is 0.113. The fraction of sp³-hybridized carbons (Fsp3) is 0.667. The Kier molecular flexibility index (Phi) is 5.99. The molecular formula is C24H34ClN5O4. The number of ether oxygens (including phenoxy) is 2. The second-order valence-corrected chi connectivity index (χ2v) is 11.9. The second-order valence-electron chi connectivity index (χ2n) is 11.5. The predicted octanol–water partition coefficient (Wildman–Crippen LogP) is 5.11. The third-order valence-electron chi connectivity index (χ3n) is 6.01. The van der Waals surface area contributed by atoms with Crippen LogP contribution in [0.1, 0.15) is 66.9 Å². The highest BCUT2D eigenvalue weighted by Crippen LogP contribution is 2.51. The molecule has 1 aliphatic heterocycles. The molecule has 1 saturated heterocycles. The lowest BCUT2D eigenvalue weighted by Gasteiger charge is -2.31. The maximum atomic E-state index is 13.5. The van der Waals surface area contributed by atoms with Crippen LogP contribution in [0.2, 0.25) is 5.15 Å². The Labute approximate surface area is 205 Å². The van der Waals surface area contributed by atoms with E-state index in [0.29, 0.717) is 24.6 Å². The molecule has 9 nitrogen and oxygen atoms in total. The summed E-state index contributed by atoms with van der Waals surface area (Å²) in [5.41, 5.74) is 0.331. The molecule has 3 heterocycles. The number of halogens is 1. The number of anilines is 1. The molecule has 1 saturated carbocycles. The first kappa shape index (κ1) is 24.6. The standard InChI is InChI=1S/C24H34ClN5O4/c1-13(2)14-10-26-30-18(9-17(25)27-20(14)30)29(22(32)34-24(6,7)8)19-15-11-28(12-16(15)19)21(31)33-23(3,4)5/h9-10,13,15-16,19H,11-12H2,1-8H3. The van der Waals surface area contributed by atoms with E-state index in [0.717, 1.165) is 5.56 Å². The number of nitrogens with zero attached hydrogens (tertiary/aromatic N) is 5. The third kappa shape index (κ3) is 4.80. The Morgan fingerprint density at radius 1 is 1.09 bits per heavy atom. The van der Waals surface area contributed by atoms with Gasteiger partial charge in [0.1, 0.15) is 22.2 Å². The summed E-state index contributed by atoms with van der Waals surface area (Å²) in [6, 6.07) is 1.51. The molecule has 1 aliphatic carbocycles. The molecule has 0 spiro atoms. The van der Waals surface area contributed by atoms with Gasteiger partial charge in [0.2, 0.25) is 0 Å². The maximum absolute atomic E-state index is 13.5. The van der Waals surface area contributed by atoms with Gasteiger partial charge < -0.3 is 14.4 Å². The number of aromatic nitrogens is 3. The summed E-state index contributed by atoms with van der Waals surface area (Å²) < 4.78 is 13.0. The summed E-state index contributed by atoms with van der Waals surface area (Å²) in [5.74, 6) is 0.928. The van der Waals surface area contributed by atoms with Crippen LogP contribution in [0.4, 0.5) is 15.4 Å². The van der Waals surface area contributed by atoms with Crippen molar-refractivity contribution in [3.8, 4) is 0 Å². The summed E-state index contributed by atoms with van der Waals surface area (Å²) >= 11 is 6.41. The van der Waals surface area contributed by atoms with Crippen molar-refractivity contribution >= 4 is 35.3 Å². The molecular weight excluding hydrogens is 458 g/mol. The highest BCUT2D eigenvalue weighted by atomic mass is 35.5. The van der Waals surface area contributed by atoms with Crippen LogP contribution < -0.4 is 4.90 Å². The van der Waals surface area contributed by atoms with Gasteiger partial charge in [-0.05, 0) is 47.5 Å². The maximum Gasteiger partial charge on any atom is 0.416 e. The average molecular weight is 492 g/mol. The smallest absolute Gasteiger partial charge is 0.416 e. The van der Waals surface area contributed by atoms with Gasteiger partial charge >= 0.3 is 12.2 Å². The number of amides is 2. The number of rotatable bonds is 3. The van der Waals surface area contributed by atoms with Crippen LogP contribution in [-0.2, 0) is 9.47 Å². The topological polar surface area (TPSA) is 89.3 Å². The Balaban J connectivity index is 1.66. The molecule has 2 aromatic rings. The van der Waals surface area contributed by atoms with Crippen LogP contribution in [0, 0.1) is 11.8 Å². The fourth-order valence-electron chi connectivity index (χ4n) is 4.55. The predicted molar refractivity (Wildman–Crippen MR) is 129 cm³/mol. The molecule has 2 amide bonds. The van der Waals surface area contributed by atoms with Gasteiger partial charge in [0.15, 0.2) is 5.65 Å². The molecule has 34 heavy (non-hydrogen) atoms. The molecule has 2 fully saturated rings. The van der Waals surface area contributed by atoms with E-state index in [1.165, 1.54) is 0 Å². The first-order chi connectivity index (χ1) is 15.7. The molecule has 186 valence electrons. The summed E-state index contributed by atoms with van der Waals surface area (Å²) in [6.45, 7) is 16.2. The Morgan fingerprint density at radius 2 is 1.68 bits per heavy atom. The van der Waals surface area contributed by atoms with Crippen molar-refractivity contribution in [1.29, 1.82) is 0 Å². The van der Waals surface area contributed by atoms with Crippen molar-refractivity contribution in [2.75, 3.05) is 18.0 Å². The molecule has 2 unspecified atom stereocenters. The molecule has 2 aliphatic rings. The van der Waals surface area contributed by atoms with Gasteiger partial charge in [-0.2, -0.15) is 9.61 Å². The van der Waals surface area contributed by atoms with Gasteiger partial charge in [-0.3, -0.25) is 4.90 Å². The van der Waals surface area contributed by atoms with E-state index in [4.69, 9.17) is 21.1 Å². The highest BCUT2D eigenvalue weighted by molar-refractivity contribution is 6.29. The number of hydrogen-bond acceptors (Lipinski definition) is 6. The monoisotopic (exact) mass is 491 g/mol. The molecule has 0 N–H and O–H groups in total. The van der Waals surface area contributed by atoms with E-state index in [2.05, 4.69) is 23.9 Å². The Morgan fingerprint density at radius 3 is 2.21 bits per heavy atom. The van der Waals surface area contributed by atoms with E-state index in [9.17, 15) is 9.59 Å². The van der Waals surface area contributed by atoms with Gasteiger partial charge in [0.05, 0.1) is 12.2 Å². The number of carbonyl (C=O) groups is 2. The van der Waals surface area contributed by atoms with Crippen molar-refractivity contribution in [3.63, 3.8) is 0 Å². The summed E-state index contributed by atoms with van der Waals surface area (Å²) in [5, 5.41) is 4.81. The zero-order chi connectivity index (χ0) is 25.2. The Hall–Kier alpha value is -2.55. The van der Waals surface area contributed by atoms with Crippen molar-refractivity contribution in [2.24, 2.45) is 11.8 Å². The van der Waals surface area contributed by atoms with Gasteiger partial charge in [0, 0.05) is 36.6 Å². The van der Waals surface area contributed by atoms with Crippen LogP contribution in [0.15, 0.2) is 12.3 Å². The number of fused-ring (bicyclic) bond motifs is 2. The van der Waals surface area contributed by atoms with Crippen LogP contribution in [0.25, 0.3) is 5.65 Å². The average Bonchev–Trinajstić information content (AvgIpc) is 3.03. The van der Waals surface area contributed by atoms with E-state index in [1.54, 1.807) is 26.6 Å². The molecule has 4 rings (SSSR count). The van der Waals surface area contributed by atoms with Gasteiger partial charge in [-0.15, -0.1) is 0 Å². The molecule has 0 bridgehead atoms. The van der Waals surface area contributed by atoms with E-state index >= 15 is 0 Å². The lowest BCUT2D eigenvalue weighted by Crippen LogP contribution is -2.44.